The Bertz CT molecular complexity index is 969. The van der Waals surface area contributed by atoms with Crippen molar-refractivity contribution < 1.29 is 28.4 Å². The lowest BCUT2D eigenvalue weighted by Gasteiger charge is -2.32. The number of hydrogen-bond acceptors (Lipinski definition) is 6. The SMILES string of the molecule is CCOC(=O)n1c(C(=O)OC(C)(C)C)cc2ccc(B3OC(C)(C)C(C)(C)O3)cc21. The van der Waals surface area contributed by atoms with E-state index in [4.69, 9.17) is 18.8 Å². The second-order valence-corrected chi connectivity index (χ2v) is 9.47. The number of fused-ring (bicyclic) bond motifs is 1. The average Bonchev–Trinajstić information content (AvgIpc) is 3.07. The van der Waals surface area contributed by atoms with Crippen LogP contribution in [-0.2, 0) is 18.8 Å². The van der Waals surface area contributed by atoms with Gasteiger partial charge in [0.05, 0.1) is 23.3 Å². The van der Waals surface area contributed by atoms with Crippen molar-refractivity contribution in [1.29, 1.82) is 0 Å². The van der Waals surface area contributed by atoms with E-state index in [2.05, 4.69) is 0 Å². The zero-order valence-corrected chi connectivity index (χ0v) is 19.0. The number of ether oxygens (including phenoxy) is 2. The van der Waals surface area contributed by atoms with Gasteiger partial charge < -0.3 is 18.8 Å². The molecule has 1 aromatic heterocycles. The van der Waals surface area contributed by atoms with Crippen molar-refractivity contribution in [1.82, 2.24) is 4.57 Å². The van der Waals surface area contributed by atoms with Crippen molar-refractivity contribution in [2.75, 3.05) is 6.61 Å². The van der Waals surface area contributed by atoms with Crippen LogP contribution in [-0.4, -0.2) is 47.2 Å². The van der Waals surface area contributed by atoms with E-state index in [0.717, 1.165) is 5.46 Å². The minimum absolute atomic E-state index is 0.115. The maximum absolute atomic E-state index is 12.8. The van der Waals surface area contributed by atoms with Crippen LogP contribution in [0.25, 0.3) is 10.9 Å². The fraction of sp³-hybridized carbons (Fsp3) is 0.545. The third kappa shape index (κ3) is 4.11. The topological polar surface area (TPSA) is 76.0 Å². The summed E-state index contributed by atoms with van der Waals surface area (Å²) in [4.78, 5) is 25.5. The first kappa shape index (κ1) is 22.4. The molecule has 0 aliphatic carbocycles. The Labute approximate surface area is 177 Å². The molecular weight excluding hydrogens is 385 g/mol. The van der Waals surface area contributed by atoms with Crippen LogP contribution in [0.3, 0.4) is 0 Å². The fourth-order valence-electron chi connectivity index (χ4n) is 3.21. The number of carbonyl (C=O) groups excluding carboxylic acids is 2. The Morgan fingerprint density at radius 3 is 2.20 bits per heavy atom. The standard InChI is InChI=1S/C22H30BNO6/c1-9-27-19(26)24-16-13-15(23-29-21(5,6)22(7,8)30-23)11-10-14(16)12-17(24)18(25)28-20(2,3)4/h10-13H,9H2,1-8H3. The second-order valence-electron chi connectivity index (χ2n) is 9.47. The van der Waals surface area contributed by atoms with Crippen LogP contribution in [0.1, 0.15) is 65.9 Å². The Morgan fingerprint density at radius 1 is 1.07 bits per heavy atom. The van der Waals surface area contributed by atoms with Crippen LogP contribution in [0.4, 0.5) is 4.79 Å². The predicted octanol–water partition coefficient (Wildman–Crippen LogP) is 3.90. The molecule has 30 heavy (non-hydrogen) atoms. The van der Waals surface area contributed by atoms with Crippen molar-refractivity contribution >= 4 is 35.5 Å². The largest absolute Gasteiger partial charge is 0.494 e. The Hall–Kier alpha value is -2.32. The molecule has 0 N–H and O–H groups in total. The van der Waals surface area contributed by atoms with E-state index in [1.807, 2.05) is 39.8 Å². The number of aromatic nitrogens is 1. The monoisotopic (exact) mass is 415 g/mol. The van der Waals surface area contributed by atoms with Crippen LogP contribution < -0.4 is 5.46 Å². The molecular formula is C22H30BNO6. The van der Waals surface area contributed by atoms with Gasteiger partial charge in [0.15, 0.2) is 0 Å². The summed E-state index contributed by atoms with van der Waals surface area (Å²) in [6.45, 7) is 15.1. The van der Waals surface area contributed by atoms with Crippen LogP contribution in [0.15, 0.2) is 24.3 Å². The van der Waals surface area contributed by atoms with Gasteiger partial charge in [0.2, 0.25) is 0 Å². The van der Waals surface area contributed by atoms with Gasteiger partial charge in [0, 0.05) is 5.39 Å². The Kier molecular flexibility index (Phi) is 5.54. The van der Waals surface area contributed by atoms with E-state index in [-0.39, 0.29) is 12.3 Å². The first-order chi connectivity index (χ1) is 13.8. The molecule has 0 spiro atoms. The normalized spacial score (nSPS) is 17.9. The molecule has 0 amide bonds. The van der Waals surface area contributed by atoms with Gasteiger partial charge in [-0.15, -0.1) is 0 Å². The number of carbonyl (C=O) groups is 2. The molecule has 0 saturated carbocycles. The molecule has 3 rings (SSSR count). The summed E-state index contributed by atoms with van der Waals surface area (Å²) in [6, 6.07) is 7.13. The van der Waals surface area contributed by atoms with Gasteiger partial charge in [0.1, 0.15) is 11.3 Å². The van der Waals surface area contributed by atoms with Gasteiger partial charge in [0.25, 0.3) is 0 Å². The molecule has 7 nitrogen and oxygen atoms in total. The third-order valence-corrected chi connectivity index (χ3v) is 5.41. The van der Waals surface area contributed by atoms with E-state index in [9.17, 15) is 9.59 Å². The lowest BCUT2D eigenvalue weighted by Crippen LogP contribution is -2.41. The van der Waals surface area contributed by atoms with Crippen molar-refractivity contribution in [2.45, 2.75) is 72.2 Å². The summed E-state index contributed by atoms with van der Waals surface area (Å²) in [5.41, 5.74) is -0.276. The van der Waals surface area contributed by atoms with Crippen molar-refractivity contribution in [3.8, 4) is 0 Å². The smallest absolute Gasteiger partial charge is 0.455 e. The quantitative estimate of drug-likeness (QED) is 0.559. The Morgan fingerprint density at radius 2 is 1.67 bits per heavy atom. The average molecular weight is 415 g/mol. The summed E-state index contributed by atoms with van der Waals surface area (Å²) in [5, 5.41) is 0.712. The molecule has 0 radical (unpaired) electrons. The highest BCUT2D eigenvalue weighted by molar-refractivity contribution is 6.62. The van der Waals surface area contributed by atoms with Gasteiger partial charge >= 0.3 is 19.2 Å². The zero-order valence-electron chi connectivity index (χ0n) is 19.0. The molecule has 0 bridgehead atoms. The molecule has 2 aromatic rings. The Balaban J connectivity index is 2.09. The van der Waals surface area contributed by atoms with Gasteiger partial charge in [-0.05, 0) is 73.0 Å². The summed E-state index contributed by atoms with van der Waals surface area (Å²) >= 11 is 0. The van der Waals surface area contributed by atoms with Crippen molar-refractivity contribution in [3.63, 3.8) is 0 Å². The van der Waals surface area contributed by atoms with Crippen LogP contribution in [0.5, 0.6) is 0 Å². The van der Waals surface area contributed by atoms with Gasteiger partial charge in [-0.25, -0.2) is 14.2 Å². The number of benzene rings is 1. The minimum Gasteiger partial charge on any atom is -0.455 e. The molecule has 1 aliphatic heterocycles. The van der Waals surface area contributed by atoms with Crippen molar-refractivity contribution in [3.05, 3.63) is 30.0 Å². The maximum Gasteiger partial charge on any atom is 0.494 e. The highest BCUT2D eigenvalue weighted by Crippen LogP contribution is 2.36. The first-order valence-corrected chi connectivity index (χ1v) is 10.2. The fourth-order valence-corrected chi connectivity index (χ4v) is 3.21. The lowest BCUT2D eigenvalue weighted by atomic mass is 9.79. The van der Waals surface area contributed by atoms with E-state index in [1.54, 1.807) is 39.8 Å². The van der Waals surface area contributed by atoms with E-state index in [0.29, 0.717) is 10.9 Å². The van der Waals surface area contributed by atoms with Crippen LogP contribution in [0.2, 0.25) is 0 Å². The molecule has 0 unspecified atom stereocenters. The minimum atomic E-state index is -0.694. The zero-order chi connectivity index (χ0) is 22.5. The highest BCUT2D eigenvalue weighted by Gasteiger charge is 2.51. The number of rotatable bonds is 3. The molecule has 162 valence electrons. The van der Waals surface area contributed by atoms with Crippen LogP contribution >= 0.6 is 0 Å². The van der Waals surface area contributed by atoms with E-state index in [1.165, 1.54) is 4.57 Å². The summed E-state index contributed by atoms with van der Waals surface area (Å²) in [5.74, 6) is -0.594. The number of hydrogen-bond donors (Lipinski definition) is 0. The van der Waals surface area contributed by atoms with Crippen molar-refractivity contribution in [2.24, 2.45) is 0 Å². The summed E-state index contributed by atoms with van der Waals surface area (Å²) in [7, 11) is -0.588. The number of nitrogens with zero attached hydrogens (tertiary/aromatic N) is 1. The summed E-state index contributed by atoms with van der Waals surface area (Å²) < 4.78 is 24.2. The van der Waals surface area contributed by atoms with Crippen LogP contribution in [0, 0.1) is 0 Å². The maximum atomic E-state index is 12.8. The molecule has 0 atom stereocenters. The molecule has 8 heteroatoms. The summed E-state index contributed by atoms with van der Waals surface area (Å²) in [6.07, 6.45) is -0.639. The lowest BCUT2D eigenvalue weighted by molar-refractivity contribution is 0.00576. The predicted molar refractivity (Wildman–Crippen MR) is 115 cm³/mol. The highest BCUT2D eigenvalue weighted by atomic mass is 16.7. The van der Waals surface area contributed by atoms with E-state index < -0.39 is 36.0 Å². The molecule has 2 heterocycles. The van der Waals surface area contributed by atoms with E-state index >= 15 is 0 Å². The van der Waals surface area contributed by atoms with Gasteiger partial charge in [-0.3, -0.25) is 0 Å². The molecule has 1 fully saturated rings. The molecule has 1 saturated heterocycles. The molecule has 1 aromatic carbocycles. The van der Waals surface area contributed by atoms with Gasteiger partial charge in [-0.2, -0.15) is 0 Å². The second kappa shape index (κ2) is 7.43. The first-order valence-electron chi connectivity index (χ1n) is 10.2. The third-order valence-electron chi connectivity index (χ3n) is 5.41. The van der Waals surface area contributed by atoms with Gasteiger partial charge in [-0.1, -0.05) is 12.1 Å². The molecule has 1 aliphatic rings. The number of esters is 1.